The molecule has 6 heteroatoms. The Morgan fingerprint density at radius 3 is 2.34 bits per heavy atom. The number of Topliss-reactive ketones (excluding diaryl/α,β-unsaturated/α-hetero) is 1. The van der Waals surface area contributed by atoms with Gasteiger partial charge in [0.25, 0.3) is 0 Å². The molecule has 0 aromatic heterocycles. The van der Waals surface area contributed by atoms with Crippen LogP contribution in [0.15, 0.2) is 72.8 Å². The molecule has 1 amide bonds. The van der Waals surface area contributed by atoms with Crippen LogP contribution in [-0.4, -0.2) is 42.8 Å². The molecule has 182 valence electrons. The molecule has 0 aliphatic carbocycles. The Bertz CT molecular complexity index is 1140. The zero-order valence-corrected chi connectivity index (χ0v) is 20.8. The van der Waals surface area contributed by atoms with Crippen LogP contribution in [-0.2, 0) is 4.79 Å². The zero-order valence-electron chi connectivity index (χ0n) is 20.0. The number of carbonyl (C=O) groups is 2. The number of carbonyl (C=O) groups excluding carboxylic acids is 2. The van der Waals surface area contributed by atoms with Crippen LogP contribution in [0.1, 0.15) is 36.5 Å². The number of benzene rings is 3. The number of rotatable bonds is 9. The van der Waals surface area contributed by atoms with Gasteiger partial charge in [0, 0.05) is 17.8 Å². The van der Waals surface area contributed by atoms with Crippen molar-refractivity contribution in [2.24, 2.45) is 5.92 Å². The van der Waals surface area contributed by atoms with Crippen molar-refractivity contribution in [3.8, 4) is 16.9 Å². The maximum atomic E-state index is 12.6. The molecule has 0 atom stereocenters. The van der Waals surface area contributed by atoms with Crippen LogP contribution in [0, 0.1) is 5.92 Å². The van der Waals surface area contributed by atoms with E-state index in [0.29, 0.717) is 28.6 Å². The molecule has 0 spiro atoms. The molecule has 0 bridgehead atoms. The molecule has 5 nitrogen and oxygen atoms in total. The number of piperidine rings is 1. The Kier molecular flexibility index (Phi) is 8.56. The molecule has 1 aliphatic rings. The summed E-state index contributed by atoms with van der Waals surface area (Å²) in [5.41, 5.74) is 3.14. The van der Waals surface area contributed by atoms with Gasteiger partial charge in [0.15, 0.2) is 5.78 Å². The van der Waals surface area contributed by atoms with Crippen molar-refractivity contribution in [2.45, 2.75) is 26.2 Å². The van der Waals surface area contributed by atoms with E-state index >= 15 is 0 Å². The third-order valence-corrected chi connectivity index (χ3v) is 6.69. The van der Waals surface area contributed by atoms with Gasteiger partial charge in [-0.2, -0.15) is 0 Å². The summed E-state index contributed by atoms with van der Waals surface area (Å²) in [6, 6.07) is 22.4. The Morgan fingerprint density at radius 2 is 1.66 bits per heavy atom. The first-order valence-corrected chi connectivity index (χ1v) is 12.5. The van der Waals surface area contributed by atoms with Crippen molar-refractivity contribution in [1.29, 1.82) is 0 Å². The predicted molar refractivity (Wildman–Crippen MR) is 141 cm³/mol. The predicted octanol–water partition coefficient (Wildman–Crippen LogP) is 6.33. The molecular formula is C29H31ClN2O3. The first kappa shape index (κ1) is 25.0. The molecule has 1 fully saturated rings. The van der Waals surface area contributed by atoms with Gasteiger partial charge in [0.05, 0.1) is 11.4 Å². The number of halogens is 1. The number of anilines is 1. The van der Waals surface area contributed by atoms with Crippen LogP contribution in [0.5, 0.6) is 5.75 Å². The van der Waals surface area contributed by atoms with Gasteiger partial charge in [-0.25, -0.2) is 0 Å². The molecule has 3 aromatic rings. The topological polar surface area (TPSA) is 58.6 Å². The lowest BCUT2D eigenvalue weighted by molar-refractivity contribution is -0.115. The van der Waals surface area contributed by atoms with Gasteiger partial charge in [0.1, 0.15) is 12.4 Å². The van der Waals surface area contributed by atoms with Crippen molar-refractivity contribution in [3.05, 3.63) is 83.4 Å². The SMILES string of the molecule is CC1CCN(CCOc2ccc(NC(=O)CC(=O)c3ccc(-c4ccccc4)cc3)cc2Cl)CC1. The number of hydrogen-bond donors (Lipinski definition) is 1. The maximum absolute atomic E-state index is 12.6. The van der Waals surface area contributed by atoms with E-state index in [0.717, 1.165) is 36.7 Å². The molecule has 1 N–H and O–H groups in total. The molecule has 1 saturated heterocycles. The molecule has 0 radical (unpaired) electrons. The lowest BCUT2D eigenvalue weighted by Crippen LogP contribution is -2.35. The summed E-state index contributed by atoms with van der Waals surface area (Å²) in [7, 11) is 0. The molecule has 3 aromatic carbocycles. The summed E-state index contributed by atoms with van der Waals surface area (Å²) in [5.74, 6) is 0.774. The number of amides is 1. The molecule has 0 saturated carbocycles. The van der Waals surface area contributed by atoms with Gasteiger partial charge in [-0.3, -0.25) is 14.5 Å². The van der Waals surface area contributed by atoms with E-state index in [1.807, 2.05) is 42.5 Å². The Hall–Kier alpha value is -3.15. The zero-order chi connectivity index (χ0) is 24.6. The number of ketones is 1. The summed E-state index contributed by atoms with van der Waals surface area (Å²) in [6.07, 6.45) is 2.22. The fourth-order valence-electron chi connectivity index (χ4n) is 4.20. The Morgan fingerprint density at radius 1 is 0.971 bits per heavy atom. The highest BCUT2D eigenvalue weighted by molar-refractivity contribution is 6.32. The highest BCUT2D eigenvalue weighted by atomic mass is 35.5. The fourth-order valence-corrected chi connectivity index (χ4v) is 4.43. The van der Waals surface area contributed by atoms with E-state index in [4.69, 9.17) is 16.3 Å². The summed E-state index contributed by atoms with van der Waals surface area (Å²) < 4.78 is 5.85. The normalized spacial score (nSPS) is 14.5. The van der Waals surface area contributed by atoms with Crippen LogP contribution >= 0.6 is 11.6 Å². The van der Waals surface area contributed by atoms with E-state index < -0.39 is 0 Å². The van der Waals surface area contributed by atoms with Gasteiger partial charge < -0.3 is 10.1 Å². The second kappa shape index (κ2) is 12.0. The average molecular weight is 491 g/mol. The number of ether oxygens (including phenoxy) is 1. The third-order valence-electron chi connectivity index (χ3n) is 6.39. The highest BCUT2D eigenvalue weighted by Gasteiger charge is 2.16. The Labute approximate surface area is 212 Å². The minimum atomic E-state index is -0.383. The highest BCUT2D eigenvalue weighted by Crippen LogP contribution is 2.28. The van der Waals surface area contributed by atoms with Crippen molar-refractivity contribution >= 4 is 29.0 Å². The fraction of sp³-hybridized carbons (Fsp3) is 0.310. The number of likely N-dealkylation sites (tertiary alicyclic amines) is 1. The van der Waals surface area contributed by atoms with Crippen molar-refractivity contribution in [3.63, 3.8) is 0 Å². The van der Waals surface area contributed by atoms with E-state index in [1.165, 1.54) is 12.8 Å². The lowest BCUT2D eigenvalue weighted by Gasteiger charge is -2.29. The van der Waals surface area contributed by atoms with Crippen molar-refractivity contribution in [1.82, 2.24) is 4.90 Å². The number of hydrogen-bond acceptors (Lipinski definition) is 4. The van der Waals surface area contributed by atoms with Crippen LogP contribution in [0.3, 0.4) is 0 Å². The second-order valence-corrected chi connectivity index (χ2v) is 9.52. The maximum Gasteiger partial charge on any atom is 0.232 e. The van der Waals surface area contributed by atoms with Gasteiger partial charge in [-0.1, -0.05) is 73.1 Å². The minimum Gasteiger partial charge on any atom is -0.491 e. The average Bonchev–Trinajstić information content (AvgIpc) is 2.87. The quantitative estimate of drug-likeness (QED) is 0.281. The van der Waals surface area contributed by atoms with E-state index in [-0.39, 0.29) is 18.1 Å². The second-order valence-electron chi connectivity index (χ2n) is 9.11. The monoisotopic (exact) mass is 490 g/mol. The first-order chi connectivity index (χ1) is 17.0. The van der Waals surface area contributed by atoms with E-state index in [9.17, 15) is 9.59 Å². The van der Waals surface area contributed by atoms with Crippen molar-refractivity contribution < 1.29 is 14.3 Å². The van der Waals surface area contributed by atoms with Gasteiger partial charge in [0.2, 0.25) is 5.91 Å². The molecule has 1 aliphatic heterocycles. The number of nitrogens with one attached hydrogen (secondary N) is 1. The third kappa shape index (κ3) is 7.17. The summed E-state index contributed by atoms with van der Waals surface area (Å²) in [6.45, 7) is 5.96. The van der Waals surface area contributed by atoms with Gasteiger partial charge in [-0.15, -0.1) is 0 Å². The summed E-state index contributed by atoms with van der Waals surface area (Å²) >= 11 is 6.36. The summed E-state index contributed by atoms with van der Waals surface area (Å²) in [4.78, 5) is 27.4. The Balaban J connectivity index is 1.25. The molecule has 4 rings (SSSR count). The van der Waals surface area contributed by atoms with Crippen LogP contribution in [0.25, 0.3) is 11.1 Å². The van der Waals surface area contributed by atoms with E-state index in [2.05, 4.69) is 17.1 Å². The molecule has 35 heavy (non-hydrogen) atoms. The first-order valence-electron chi connectivity index (χ1n) is 12.1. The van der Waals surface area contributed by atoms with Gasteiger partial charge >= 0.3 is 0 Å². The molecular weight excluding hydrogens is 460 g/mol. The van der Waals surface area contributed by atoms with Crippen LogP contribution in [0.4, 0.5) is 5.69 Å². The molecule has 1 heterocycles. The number of nitrogens with zero attached hydrogens (tertiary/aromatic N) is 1. The van der Waals surface area contributed by atoms with Crippen LogP contribution < -0.4 is 10.1 Å². The van der Waals surface area contributed by atoms with Crippen molar-refractivity contribution in [2.75, 3.05) is 31.6 Å². The summed E-state index contributed by atoms with van der Waals surface area (Å²) in [5, 5.41) is 3.18. The molecule has 0 unspecified atom stereocenters. The van der Waals surface area contributed by atoms with E-state index in [1.54, 1.807) is 30.3 Å². The largest absolute Gasteiger partial charge is 0.491 e. The lowest BCUT2D eigenvalue weighted by atomic mass is 9.99. The smallest absolute Gasteiger partial charge is 0.232 e. The van der Waals surface area contributed by atoms with Crippen LogP contribution in [0.2, 0.25) is 5.02 Å². The minimum absolute atomic E-state index is 0.236. The van der Waals surface area contributed by atoms with Gasteiger partial charge in [-0.05, 0) is 61.2 Å². The standard InChI is InChI=1S/C29H31ClN2O3/c1-21-13-15-32(16-14-21)17-18-35-28-12-11-25(19-26(28)30)31-29(34)20-27(33)24-9-7-23(8-10-24)22-5-3-2-4-6-22/h2-12,19,21H,13-18,20H2,1H3,(H,31,34).